The van der Waals surface area contributed by atoms with Crippen molar-refractivity contribution in [3.05, 3.63) is 23.4 Å². The second-order valence-corrected chi connectivity index (χ2v) is 7.87. The van der Waals surface area contributed by atoms with E-state index in [0.29, 0.717) is 5.02 Å². The molecule has 0 unspecified atom stereocenters. The van der Waals surface area contributed by atoms with E-state index < -0.39 is 41.5 Å². The zero-order valence-electron chi connectivity index (χ0n) is 17.2. The summed E-state index contributed by atoms with van der Waals surface area (Å²) in [6.45, 7) is 6.51. The highest BCUT2D eigenvalue weighted by molar-refractivity contribution is 6.39. The van der Waals surface area contributed by atoms with Crippen LogP contribution in [0.15, 0.2) is 18.3 Å². The fourth-order valence-electron chi connectivity index (χ4n) is 2.09. The number of alkyl carbamates (subject to hydrolysis) is 1. The van der Waals surface area contributed by atoms with E-state index in [9.17, 15) is 19.2 Å². The quantitative estimate of drug-likeness (QED) is 0.604. The van der Waals surface area contributed by atoms with E-state index in [4.69, 9.17) is 16.3 Å². The first-order chi connectivity index (χ1) is 13.3. The second-order valence-electron chi connectivity index (χ2n) is 7.43. The number of carbonyl (C=O) groups is 4. The monoisotopic (exact) mass is 427 g/mol. The lowest BCUT2D eigenvalue weighted by molar-refractivity contribution is -0.137. The standard InChI is InChI=1S/C18H26ClN5O5/c1-10(13(16(27)24(5)6)23-17(28)29-18(2,3)4)21-14(25)15(26)22-12-8-7-11(19)9-20-12/h7-10,13H,1-6H3,(H,21,25)(H,23,28)(H,20,22,26)/t10-,13+/m1/s1. The number of nitrogens with zero attached hydrogens (tertiary/aromatic N) is 2. The number of likely N-dealkylation sites (N-methyl/N-ethyl adjacent to an activating group) is 1. The number of pyridine rings is 1. The molecule has 0 radical (unpaired) electrons. The van der Waals surface area contributed by atoms with Crippen molar-refractivity contribution in [1.29, 1.82) is 0 Å². The summed E-state index contributed by atoms with van der Waals surface area (Å²) in [6, 6.07) is 0.875. The van der Waals surface area contributed by atoms with Crippen molar-refractivity contribution in [2.24, 2.45) is 0 Å². The predicted octanol–water partition coefficient (Wildman–Crippen LogP) is 1.16. The number of anilines is 1. The average molecular weight is 428 g/mol. The smallest absolute Gasteiger partial charge is 0.408 e. The highest BCUT2D eigenvalue weighted by Crippen LogP contribution is 2.10. The number of halogens is 1. The van der Waals surface area contributed by atoms with Crippen LogP contribution < -0.4 is 16.0 Å². The topological polar surface area (TPSA) is 130 Å². The number of hydrogen-bond acceptors (Lipinski definition) is 6. The van der Waals surface area contributed by atoms with Gasteiger partial charge in [0.25, 0.3) is 0 Å². The van der Waals surface area contributed by atoms with Crippen molar-refractivity contribution in [3.63, 3.8) is 0 Å². The molecule has 0 aliphatic rings. The molecule has 0 spiro atoms. The molecule has 1 aromatic heterocycles. The van der Waals surface area contributed by atoms with Gasteiger partial charge in [-0.15, -0.1) is 0 Å². The molecule has 0 aliphatic heterocycles. The second kappa shape index (κ2) is 10.1. The summed E-state index contributed by atoms with van der Waals surface area (Å²) < 4.78 is 5.16. The number of rotatable bonds is 5. The van der Waals surface area contributed by atoms with E-state index in [1.54, 1.807) is 20.8 Å². The van der Waals surface area contributed by atoms with E-state index >= 15 is 0 Å². The molecule has 0 bridgehead atoms. The number of ether oxygens (including phenoxy) is 1. The fourth-order valence-corrected chi connectivity index (χ4v) is 2.20. The minimum Gasteiger partial charge on any atom is -0.444 e. The minimum absolute atomic E-state index is 0.134. The molecule has 1 aromatic rings. The lowest BCUT2D eigenvalue weighted by Gasteiger charge is -2.28. The number of hydrogen-bond donors (Lipinski definition) is 3. The van der Waals surface area contributed by atoms with Crippen molar-refractivity contribution >= 4 is 41.2 Å². The normalized spacial score (nSPS) is 12.9. The Morgan fingerprint density at radius 2 is 1.72 bits per heavy atom. The van der Waals surface area contributed by atoms with E-state index in [2.05, 4.69) is 20.9 Å². The molecule has 10 nitrogen and oxygen atoms in total. The number of carbonyl (C=O) groups excluding carboxylic acids is 4. The molecule has 160 valence electrons. The summed E-state index contributed by atoms with van der Waals surface area (Å²) in [6.07, 6.45) is 0.488. The van der Waals surface area contributed by atoms with Crippen LogP contribution in [0.2, 0.25) is 5.02 Å². The third-order valence-electron chi connectivity index (χ3n) is 3.41. The first-order valence-corrected chi connectivity index (χ1v) is 9.12. The van der Waals surface area contributed by atoms with Crippen LogP contribution in [-0.4, -0.2) is 65.5 Å². The van der Waals surface area contributed by atoms with Gasteiger partial charge in [0.1, 0.15) is 17.5 Å². The molecular weight excluding hydrogens is 402 g/mol. The molecule has 0 aliphatic carbocycles. The van der Waals surface area contributed by atoms with Gasteiger partial charge >= 0.3 is 17.9 Å². The summed E-state index contributed by atoms with van der Waals surface area (Å²) >= 11 is 5.72. The van der Waals surface area contributed by atoms with Gasteiger partial charge in [-0.1, -0.05) is 11.6 Å². The largest absolute Gasteiger partial charge is 0.444 e. The maximum Gasteiger partial charge on any atom is 0.408 e. The molecule has 2 atom stereocenters. The third-order valence-corrected chi connectivity index (χ3v) is 3.64. The molecule has 4 amide bonds. The van der Waals surface area contributed by atoms with E-state index in [0.717, 1.165) is 0 Å². The molecular formula is C18H26ClN5O5. The lowest BCUT2D eigenvalue weighted by atomic mass is 10.1. The van der Waals surface area contributed by atoms with Crippen LogP contribution in [0.3, 0.4) is 0 Å². The summed E-state index contributed by atoms with van der Waals surface area (Å²) in [5, 5.41) is 7.50. The molecule has 1 heterocycles. The summed E-state index contributed by atoms with van der Waals surface area (Å²) in [7, 11) is 3.00. The van der Waals surface area contributed by atoms with Gasteiger partial charge in [0, 0.05) is 20.3 Å². The Bertz CT molecular complexity index is 761. The Morgan fingerprint density at radius 1 is 1.10 bits per heavy atom. The number of nitrogens with one attached hydrogen (secondary N) is 3. The summed E-state index contributed by atoms with van der Waals surface area (Å²) in [4.78, 5) is 53.9. The van der Waals surface area contributed by atoms with Crippen molar-refractivity contribution in [1.82, 2.24) is 20.5 Å². The van der Waals surface area contributed by atoms with Gasteiger partial charge in [0.2, 0.25) is 5.91 Å². The Balaban J connectivity index is 2.81. The van der Waals surface area contributed by atoms with Crippen LogP contribution >= 0.6 is 11.6 Å². The first kappa shape index (κ1) is 24.2. The SMILES string of the molecule is C[C@@H](NC(=O)C(=O)Nc1ccc(Cl)cn1)[C@H](NC(=O)OC(C)(C)C)C(=O)N(C)C. The van der Waals surface area contributed by atoms with Crippen LogP contribution in [0.5, 0.6) is 0 Å². The van der Waals surface area contributed by atoms with Gasteiger partial charge in [-0.3, -0.25) is 14.4 Å². The Hall–Kier alpha value is -2.88. The molecule has 0 fully saturated rings. The maximum absolute atomic E-state index is 12.4. The van der Waals surface area contributed by atoms with Gasteiger partial charge in [-0.05, 0) is 39.8 Å². The third kappa shape index (κ3) is 8.34. The van der Waals surface area contributed by atoms with Crippen LogP contribution in [0, 0.1) is 0 Å². The van der Waals surface area contributed by atoms with Gasteiger partial charge in [-0.2, -0.15) is 0 Å². The van der Waals surface area contributed by atoms with Crippen molar-refractivity contribution in [3.8, 4) is 0 Å². The molecule has 0 saturated carbocycles. The van der Waals surface area contributed by atoms with Crippen LogP contribution in [0.4, 0.5) is 10.6 Å². The Kier molecular flexibility index (Phi) is 8.38. The molecule has 29 heavy (non-hydrogen) atoms. The number of amides is 4. The van der Waals surface area contributed by atoms with Crippen molar-refractivity contribution < 1.29 is 23.9 Å². The van der Waals surface area contributed by atoms with Crippen molar-refractivity contribution in [2.45, 2.75) is 45.4 Å². The van der Waals surface area contributed by atoms with E-state index in [-0.39, 0.29) is 5.82 Å². The molecule has 1 rings (SSSR count). The zero-order chi connectivity index (χ0) is 22.4. The van der Waals surface area contributed by atoms with Crippen LogP contribution in [-0.2, 0) is 19.1 Å². The first-order valence-electron chi connectivity index (χ1n) is 8.74. The summed E-state index contributed by atoms with van der Waals surface area (Å²) in [5.74, 6) is -2.34. The minimum atomic E-state index is -1.15. The van der Waals surface area contributed by atoms with Gasteiger partial charge in [-0.25, -0.2) is 9.78 Å². The van der Waals surface area contributed by atoms with Gasteiger partial charge < -0.3 is 25.6 Å². The Morgan fingerprint density at radius 3 is 2.21 bits per heavy atom. The maximum atomic E-state index is 12.4. The Labute approximate surface area is 174 Å². The lowest BCUT2D eigenvalue weighted by Crippen LogP contribution is -2.58. The fraction of sp³-hybridized carbons (Fsp3) is 0.500. The van der Waals surface area contributed by atoms with Gasteiger partial charge in [0.15, 0.2) is 0 Å². The predicted molar refractivity (Wildman–Crippen MR) is 107 cm³/mol. The number of aromatic nitrogens is 1. The van der Waals surface area contributed by atoms with Gasteiger partial charge in [0.05, 0.1) is 11.1 Å². The van der Waals surface area contributed by atoms with Crippen LogP contribution in [0.1, 0.15) is 27.7 Å². The van der Waals surface area contributed by atoms with E-state index in [1.807, 2.05) is 0 Å². The molecule has 3 N–H and O–H groups in total. The summed E-state index contributed by atoms with van der Waals surface area (Å²) in [5.41, 5.74) is -0.770. The molecule has 0 aromatic carbocycles. The highest BCUT2D eigenvalue weighted by atomic mass is 35.5. The van der Waals surface area contributed by atoms with Crippen molar-refractivity contribution in [2.75, 3.05) is 19.4 Å². The van der Waals surface area contributed by atoms with E-state index in [1.165, 1.54) is 44.2 Å². The zero-order valence-corrected chi connectivity index (χ0v) is 18.0. The van der Waals surface area contributed by atoms with Crippen LogP contribution in [0.25, 0.3) is 0 Å². The molecule has 0 saturated heterocycles. The molecule has 11 heteroatoms. The highest BCUT2D eigenvalue weighted by Gasteiger charge is 2.32. The average Bonchev–Trinajstić information content (AvgIpc) is 2.59.